The van der Waals surface area contributed by atoms with E-state index in [1.54, 1.807) is 0 Å². The fourth-order valence-corrected chi connectivity index (χ4v) is 2.72. The number of aliphatic carboxylic acids is 1. The number of hydrogen-bond donors (Lipinski definition) is 2. The molecule has 2 aromatic rings. The molecule has 0 aliphatic heterocycles. The molecule has 3 rings (SSSR count). The Balaban J connectivity index is 2.08. The lowest BCUT2D eigenvalue weighted by atomic mass is 9.92. The van der Waals surface area contributed by atoms with E-state index in [0.717, 1.165) is 29.3 Å². The van der Waals surface area contributed by atoms with Gasteiger partial charge in [0.2, 0.25) is 0 Å². The van der Waals surface area contributed by atoms with E-state index in [1.807, 2.05) is 24.4 Å². The van der Waals surface area contributed by atoms with E-state index in [-0.39, 0.29) is 11.8 Å². The van der Waals surface area contributed by atoms with Crippen molar-refractivity contribution in [2.45, 2.75) is 24.7 Å². The number of carbonyl (C=O) groups is 1. The highest BCUT2D eigenvalue weighted by atomic mass is 35.5. The lowest BCUT2D eigenvalue weighted by molar-refractivity contribution is -0.137. The fraction of sp³-hybridized carbons (Fsp3) is 0.308. The van der Waals surface area contributed by atoms with Gasteiger partial charge in [0.1, 0.15) is 0 Å². The lowest BCUT2D eigenvalue weighted by Crippen LogP contribution is -2.12. The molecular formula is C13H12ClNO2. The number of rotatable bonds is 3. The molecule has 0 amide bonds. The van der Waals surface area contributed by atoms with Gasteiger partial charge >= 0.3 is 5.97 Å². The van der Waals surface area contributed by atoms with Crippen LogP contribution in [-0.2, 0) is 10.2 Å². The van der Waals surface area contributed by atoms with Crippen molar-refractivity contribution in [1.29, 1.82) is 0 Å². The van der Waals surface area contributed by atoms with Crippen LogP contribution in [0.25, 0.3) is 10.9 Å². The van der Waals surface area contributed by atoms with Crippen LogP contribution in [0.5, 0.6) is 0 Å². The molecule has 1 saturated carbocycles. The first kappa shape index (κ1) is 10.7. The summed E-state index contributed by atoms with van der Waals surface area (Å²) in [4.78, 5) is 14.0. The highest BCUT2D eigenvalue weighted by Gasteiger charge is 2.46. The molecule has 1 heterocycles. The van der Waals surface area contributed by atoms with Gasteiger partial charge < -0.3 is 10.1 Å². The van der Waals surface area contributed by atoms with Gasteiger partial charge in [-0.1, -0.05) is 11.6 Å². The Labute approximate surface area is 103 Å². The van der Waals surface area contributed by atoms with E-state index in [4.69, 9.17) is 16.7 Å². The molecule has 17 heavy (non-hydrogen) atoms. The van der Waals surface area contributed by atoms with Crippen LogP contribution >= 0.6 is 11.6 Å². The minimum atomic E-state index is -0.745. The van der Waals surface area contributed by atoms with Gasteiger partial charge in [-0.25, -0.2) is 0 Å². The highest BCUT2D eigenvalue weighted by molar-refractivity contribution is 6.35. The number of benzene rings is 1. The summed E-state index contributed by atoms with van der Waals surface area (Å²) >= 11 is 6.21. The van der Waals surface area contributed by atoms with Gasteiger partial charge in [-0.15, -0.1) is 0 Å². The summed E-state index contributed by atoms with van der Waals surface area (Å²) < 4.78 is 0. The molecule has 1 fully saturated rings. The van der Waals surface area contributed by atoms with Crippen LogP contribution in [0, 0.1) is 0 Å². The van der Waals surface area contributed by atoms with Gasteiger partial charge in [0, 0.05) is 22.5 Å². The zero-order chi connectivity index (χ0) is 12.0. The summed E-state index contributed by atoms with van der Waals surface area (Å²) in [6.45, 7) is 0. The monoisotopic (exact) mass is 249 g/mol. The van der Waals surface area contributed by atoms with Crippen molar-refractivity contribution in [3.8, 4) is 0 Å². The maximum atomic E-state index is 10.9. The maximum absolute atomic E-state index is 10.9. The molecule has 3 nitrogen and oxygen atoms in total. The van der Waals surface area contributed by atoms with Crippen LogP contribution in [0.15, 0.2) is 24.4 Å². The van der Waals surface area contributed by atoms with E-state index in [1.165, 1.54) is 0 Å². The second kappa shape index (κ2) is 3.50. The molecule has 0 saturated heterocycles. The van der Waals surface area contributed by atoms with Gasteiger partial charge in [0.15, 0.2) is 0 Å². The summed E-state index contributed by atoms with van der Waals surface area (Å²) in [6, 6.07) is 5.86. The summed E-state index contributed by atoms with van der Waals surface area (Å²) in [5, 5.41) is 10.6. The molecule has 1 aromatic carbocycles. The van der Waals surface area contributed by atoms with Crippen molar-refractivity contribution in [3.63, 3.8) is 0 Å². The number of fused-ring (bicyclic) bond motifs is 1. The van der Waals surface area contributed by atoms with E-state index < -0.39 is 5.97 Å². The second-order valence-corrected chi connectivity index (χ2v) is 5.16. The molecular weight excluding hydrogens is 238 g/mol. The number of H-pyrrole nitrogens is 1. The number of halogens is 1. The molecule has 0 bridgehead atoms. The summed E-state index contributed by atoms with van der Waals surface area (Å²) in [5.74, 6) is -0.745. The first-order chi connectivity index (χ1) is 8.11. The predicted octanol–water partition coefficient (Wildman–Crippen LogP) is 3.33. The predicted molar refractivity (Wildman–Crippen MR) is 66.5 cm³/mol. The molecule has 1 aliphatic carbocycles. The van der Waals surface area contributed by atoms with E-state index >= 15 is 0 Å². The molecule has 0 unspecified atom stereocenters. The largest absolute Gasteiger partial charge is 0.481 e. The van der Waals surface area contributed by atoms with Gasteiger partial charge in [0.05, 0.1) is 11.4 Å². The zero-order valence-corrected chi connectivity index (χ0v) is 9.92. The van der Waals surface area contributed by atoms with Crippen molar-refractivity contribution in [2.75, 3.05) is 0 Å². The van der Waals surface area contributed by atoms with Crippen LogP contribution in [0.3, 0.4) is 0 Å². The fourth-order valence-electron chi connectivity index (χ4n) is 2.44. The zero-order valence-electron chi connectivity index (χ0n) is 9.16. The molecule has 88 valence electrons. The third-order valence-corrected chi connectivity index (χ3v) is 3.89. The highest BCUT2D eigenvalue weighted by Crippen LogP contribution is 2.52. The number of aromatic amines is 1. The van der Waals surface area contributed by atoms with Crippen molar-refractivity contribution in [3.05, 3.63) is 35.0 Å². The Kier molecular flexibility index (Phi) is 2.20. The number of hydrogen-bond acceptors (Lipinski definition) is 1. The molecule has 4 heteroatoms. The van der Waals surface area contributed by atoms with Gasteiger partial charge in [0.25, 0.3) is 0 Å². The summed E-state index contributed by atoms with van der Waals surface area (Å²) in [5.41, 5.74) is 1.83. The number of aromatic nitrogens is 1. The maximum Gasteiger partial charge on any atom is 0.304 e. The Bertz CT molecular complexity index is 598. The Hall–Kier alpha value is -1.48. The average molecular weight is 250 g/mol. The molecule has 0 atom stereocenters. The Morgan fingerprint density at radius 1 is 1.47 bits per heavy atom. The topological polar surface area (TPSA) is 53.1 Å². The van der Waals surface area contributed by atoms with Crippen LogP contribution in [-0.4, -0.2) is 16.1 Å². The molecule has 0 spiro atoms. The smallest absolute Gasteiger partial charge is 0.304 e. The van der Waals surface area contributed by atoms with E-state index in [9.17, 15) is 4.79 Å². The number of carboxylic acid groups (broad SMARTS) is 1. The Morgan fingerprint density at radius 2 is 2.24 bits per heavy atom. The van der Waals surface area contributed by atoms with Crippen molar-refractivity contribution in [1.82, 2.24) is 4.98 Å². The van der Waals surface area contributed by atoms with E-state index in [2.05, 4.69) is 4.98 Å². The summed E-state index contributed by atoms with van der Waals surface area (Å²) in [7, 11) is 0. The SMILES string of the molecule is O=C(O)CC1(c2cc(Cl)c3cc[nH]c3c2)CC1. The minimum Gasteiger partial charge on any atom is -0.481 e. The van der Waals surface area contributed by atoms with Gasteiger partial charge in [-0.2, -0.15) is 0 Å². The van der Waals surface area contributed by atoms with Crippen molar-refractivity contribution < 1.29 is 9.90 Å². The van der Waals surface area contributed by atoms with Crippen molar-refractivity contribution in [2.24, 2.45) is 0 Å². The molecule has 1 aliphatic rings. The van der Waals surface area contributed by atoms with Crippen LogP contribution in [0.4, 0.5) is 0 Å². The van der Waals surface area contributed by atoms with Gasteiger partial charge in [-0.05, 0) is 36.6 Å². The van der Waals surface area contributed by atoms with Crippen LogP contribution in [0.1, 0.15) is 24.8 Å². The average Bonchev–Trinajstić information content (AvgIpc) is 2.87. The normalized spacial score (nSPS) is 17.2. The minimum absolute atomic E-state index is 0.186. The lowest BCUT2D eigenvalue weighted by Gasteiger charge is -2.13. The third kappa shape index (κ3) is 1.71. The molecule has 0 radical (unpaired) electrons. The first-order valence-electron chi connectivity index (χ1n) is 5.60. The summed E-state index contributed by atoms with van der Waals surface area (Å²) in [6.07, 6.45) is 3.90. The number of nitrogens with one attached hydrogen (secondary N) is 1. The first-order valence-corrected chi connectivity index (χ1v) is 5.97. The Morgan fingerprint density at radius 3 is 2.88 bits per heavy atom. The van der Waals surface area contributed by atoms with Crippen LogP contribution in [0.2, 0.25) is 5.02 Å². The van der Waals surface area contributed by atoms with Crippen LogP contribution < -0.4 is 0 Å². The third-order valence-electron chi connectivity index (χ3n) is 3.57. The number of carboxylic acids is 1. The molecule has 1 aromatic heterocycles. The second-order valence-electron chi connectivity index (χ2n) is 4.75. The molecule has 2 N–H and O–H groups in total. The quantitative estimate of drug-likeness (QED) is 0.877. The van der Waals surface area contributed by atoms with Crippen molar-refractivity contribution >= 4 is 28.5 Å². The van der Waals surface area contributed by atoms with E-state index in [0.29, 0.717) is 5.02 Å². The standard InChI is InChI=1S/C13H12ClNO2/c14-10-5-8(6-11-9(10)1-4-15-11)13(2-3-13)7-12(16)17/h1,4-6,15H,2-3,7H2,(H,16,17). The van der Waals surface area contributed by atoms with Gasteiger partial charge in [-0.3, -0.25) is 4.79 Å².